The van der Waals surface area contributed by atoms with Gasteiger partial charge in [-0.05, 0) is 18.2 Å². The number of aromatic amines is 1. The summed E-state index contributed by atoms with van der Waals surface area (Å²) < 4.78 is 23.2. The fraction of sp³-hybridized carbons (Fsp3) is 0.412. The molecule has 3 N–H and O–H groups in total. The van der Waals surface area contributed by atoms with E-state index in [2.05, 4.69) is 20.8 Å². The molecule has 0 saturated carbocycles. The van der Waals surface area contributed by atoms with Gasteiger partial charge in [0.05, 0.1) is 11.5 Å². The Morgan fingerprint density at radius 1 is 1.23 bits per heavy atom. The van der Waals surface area contributed by atoms with Crippen molar-refractivity contribution in [2.45, 2.75) is 13.0 Å². The summed E-state index contributed by atoms with van der Waals surface area (Å²) in [4.78, 5) is 14.6. The highest BCUT2D eigenvalue weighted by Gasteiger charge is 2.23. The summed E-state index contributed by atoms with van der Waals surface area (Å²) in [5, 5.41) is 13.3. The molecule has 0 atom stereocenters. The van der Waals surface area contributed by atoms with E-state index in [-0.39, 0.29) is 17.4 Å². The van der Waals surface area contributed by atoms with Crippen molar-refractivity contribution in [2.24, 2.45) is 0 Å². The van der Waals surface area contributed by atoms with E-state index in [0.717, 1.165) is 29.9 Å². The third-order valence-corrected chi connectivity index (χ3v) is 6.44. The smallest absolute Gasteiger partial charge is 0.276 e. The van der Waals surface area contributed by atoms with E-state index in [1.165, 1.54) is 0 Å². The molecule has 2 aliphatic heterocycles. The van der Waals surface area contributed by atoms with Gasteiger partial charge in [0.15, 0.2) is 15.5 Å². The van der Waals surface area contributed by atoms with Crippen molar-refractivity contribution in [1.82, 2.24) is 15.5 Å². The molecule has 0 unspecified atom stereocenters. The number of aromatic nitrogens is 2. The van der Waals surface area contributed by atoms with Crippen molar-refractivity contribution in [1.29, 1.82) is 0 Å². The second-order valence-electron chi connectivity index (χ2n) is 6.60. The molecule has 1 aromatic carbocycles. The van der Waals surface area contributed by atoms with Gasteiger partial charge in [0, 0.05) is 55.2 Å². The van der Waals surface area contributed by atoms with Crippen molar-refractivity contribution >= 4 is 27.1 Å². The maximum absolute atomic E-state index is 12.6. The van der Waals surface area contributed by atoms with Crippen LogP contribution in [-0.4, -0.2) is 55.7 Å². The van der Waals surface area contributed by atoms with Crippen molar-refractivity contribution in [3.8, 4) is 0 Å². The molecule has 9 heteroatoms. The zero-order valence-corrected chi connectivity index (χ0v) is 15.1. The van der Waals surface area contributed by atoms with Crippen LogP contribution in [-0.2, 0) is 22.8 Å². The number of nitrogens with one attached hydrogen (secondary N) is 3. The van der Waals surface area contributed by atoms with Gasteiger partial charge in [-0.1, -0.05) is 6.07 Å². The summed E-state index contributed by atoms with van der Waals surface area (Å²) in [7, 11) is -2.92. The van der Waals surface area contributed by atoms with E-state index in [1.54, 1.807) is 0 Å². The van der Waals surface area contributed by atoms with Gasteiger partial charge in [-0.15, -0.1) is 0 Å². The lowest BCUT2D eigenvalue weighted by Gasteiger charge is -2.29. The van der Waals surface area contributed by atoms with Gasteiger partial charge in [-0.2, -0.15) is 5.10 Å². The minimum atomic E-state index is -2.92. The molecule has 26 heavy (non-hydrogen) atoms. The van der Waals surface area contributed by atoms with Gasteiger partial charge in [0.1, 0.15) is 0 Å². The normalized spacial score (nSPS) is 19.0. The molecule has 1 fully saturated rings. The van der Waals surface area contributed by atoms with E-state index in [4.69, 9.17) is 0 Å². The SMILES string of the molecule is O=C(Nc1cccc(N2CCS(=O)(=O)CC2)c1)c1n[nH]c2c1CNCC2. The zero-order valence-electron chi connectivity index (χ0n) is 14.3. The number of carbonyl (C=O) groups excluding carboxylic acids is 1. The van der Waals surface area contributed by atoms with Crippen LogP contribution in [0.5, 0.6) is 0 Å². The molecule has 4 rings (SSSR count). The lowest BCUT2D eigenvalue weighted by atomic mass is 10.1. The van der Waals surface area contributed by atoms with E-state index in [1.807, 2.05) is 29.2 Å². The lowest BCUT2D eigenvalue weighted by Crippen LogP contribution is -2.40. The van der Waals surface area contributed by atoms with Crippen LogP contribution < -0.4 is 15.5 Å². The van der Waals surface area contributed by atoms with Gasteiger partial charge in [-0.3, -0.25) is 9.89 Å². The topological polar surface area (TPSA) is 107 Å². The lowest BCUT2D eigenvalue weighted by molar-refractivity contribution is 0.102. The van der Waals surface area contributed by atoms with Gasteiger partial charge in [0.2, 0.25) is 0 Å². The molecule has 0 bridgehead atoms. The quantitative estimate of drug-likeness (QED) is 0.723. The van der Waals surface area contributed by atoms with Crippen molar-refractivity contribution < 1.29 is 13.2 Å². The highest BCUT2D eigenvalue weighted by Crippen LogP contribution is 2.23. The molecule has 3 heterocycles. The standard InChI is InChI=1S/C17H21N5O3S/c23-17(16-14-11-18-5-4-15(14)20-21-16)19-12-2-1-3-13(10-12)22-6-8-26(24,25)9-7-22/h1-3,10,18H,4-9,11H2,(H,19,23)(H,20,21). The molecular formula is C17H21N5O3S. The third kappa shape index (κ3) is 3.45. The van der Waals surface area contributed by atoms with Crippen LogP contribution in [0.25, 0.3) is 0 Å². The Labute approximate surface area is 151 Å². The number of benzene rings is 1. The second-order valence-corrected chi connectivity index (χ2v) is 8.90. The molecule has 1 aromatic heterocycles. The molecular weight excluding hydrogens is 354 g/mol. The number of nitrogens with zero attached hydrogens (tertiary/aromatic N) is 2. The zero-order chi connectivity index (χ0) is 18.1. The largest absolute Gasteiger partial charge is 0.369 e. The van der Waals surface area contributed by atoms with Crippen LogP contribution in [0.4, 0.5) is 11.4 Å². The van der Waals surface area contributed by atoms with E-state index in [0.29, 0.717) is 31.0 Å². The summed E-state index contributed by atoms with van der Waals surface area (Å²) in [6.45, 7) is 2.46. The average Bonchev–Trinajstić information content (AvgIpc) is 3.06. The maximum Gasteiger partial charge on any atom is 0.276 e. The van der Waals surface area contributed by atoms with Crippen LogP contribution in [0.15, 0.2) is 24.3 Å². The number of amides is 1. The first-order chi connectivity index (χ1) is 12.5. The molecule has 138 valence electrons. The summed E-state index contributed by atoms with van der Waals surface area (Å²) in [5.41, 5.74) is 3.93. The number of hydrogen-bond donors (Lipinski definition) is 3. The second kappa shape index (κ2) is 6.73. The van der Waals surface area contributed by atoms with Gasteiger partial charge in [-0.25, -0.2) is 8.42 Å². The molecule has 1 saturated heterocycles. The Hall–Kier alpha value is -2.39. The fourth-order valence-corrected chi connectivity index (χ4v) is 4.56. The minimum Gasteiger partial charge on any atom is -0.369 e. The molecule has 0 radical (unpaired) electrons. The molecule has 1 amide bonds. The van der Waals surface area contributed by atoms with Crippen LogP contribution in [0, 0.1) is 0 Å². The number of sulfone groups is 1. The Balaban J connectivity index is 1.49. The third-order valence-electron chi connectivity index (χ3n) is 4.84. The van der Waals surface area contributed by atoms with Gasteiger partial charge in [0.25, 0.3) is 5.91 Å². The van der Waals surface area contributed by atoms with Crippen LogP contribution in [0.1, 0.15) is 21.7 Å². The highest BCUT2D eigenvalue weighted by molar-refractivity contribution is 7.91. The maximum atomic E-state index is 12.6. The van der Waals surface area contributed by atoms with E-state index >= 15 is 0 Å². The van der Waals surface area contributed by atoms with Gasteiger partial charge >= 0.3 is 0 Å². The van der Waals surface area contributed by atoms with Crippen molar-refractivity contribution in [3.05, 3.63) is 41.2 Å². The van der Waals surface area contributed by atoms with Crippen molar-refractivity contribution in [2.75, 3.05) is 41.4 Å². The first-order valence-corrected chi connectivity index (χ1v) is 10.5. The van der Waals surface area contributed by atoms with Crippen LogP contribution in [0.3, 0.4) is 0 Å². The molecule has 0 spiro atoms. The van der Waals surface area contributed by atoms with E-state index in [9.17, 15) is 13.2 Å². The Morgan fingerprint density at radius 3 is 2.85 bits per heavy atom. The fourth-order valence-electron chi connectivity index (χ4n) is 3.35. The highest BCUT2D eigenvalue weighted by atomic mass is 32.2. The Kier molecular flexibility index (Phi) is 4.41. The predicted octanol–water partition coefficient (Wildman–Crippen LogP) is 0.542. The predicted molar refractivity (Wildman–Crippen MR) is 99.3 cm³/mol. The first kappa shape index (κ1) is 17.0. The Bertz CT molecular complexity index is 924. The number of anilines is 2. The monoisotopic (exact) mass is 375 g/mol. The first-order valence-electron chi connectivity index (χ1n) is 8.65. The Morgan fingerprint density at radius 2 is 2.04 bits per heavy atom. The number of rotatable bonds is 3. The van der Waals surface area contributed by atoms with Gasteiger partial charge < -0.3 is 15.5 Å². The van der Waals surface area contributed by atoms with Crippen LogP contribution in [0.2, 0.25) is 0 Å². The number of hydrogen-bond acceptors (Lipinski definition) is 6. The number of carbonyl (C=O) groups is 1. The van der Waals surface area contributed by atoms with Crippen LogP contribution >= 0.6 is 0 Å². The minimum absolute atomic E-state index is 0.163. The molecule has 2 aliphatic rings. The molecule has 8 nitrogen and oxygen atoms in total. The van der Waals surface area contributed by atoms with E-state index < -0.39 is 9.84 Å². The summed E-state index contributed by atoms with van der Waals surface area (Å²) in [6.07, 6.45) is 0.836. The number of fused-ring (bicyclic) bond motifs is 1. The molecule has 2 aromatic rings. The molecule has 0 aliphatic carbocycles. The summed E-state index contributed by atoms with van der Waals surface area (Å²) in [5.74, 6) is 0.0796. The van der Waals surface area contributed by atoms with Crippen molar-refractivity contribution in [3.63, 3.8) is 0 Å². The summed E-state index contributed by atoms with van der Waals surface area (Å²) >= 11 is 0. The average molecular weight is 375 g/mol. The number of H-pyrrole nitrogens is 1. The summed E-state index contributed by atoms with van der Waals surface area (Å²) in [6, 6.07) is 7.47.